The van der Waals surface area contributed by atoms with Crippen LogP contribution in [0.25, 0.3) is 0 Å². The van der Waals surface area contributed by atoms with Crippen LogP contribution in [0.2, 0.25) is 0 Å². The van der Waals surface area contributed by atoms with E-state index in [0.717, 1.165) is 37.9 Å². The summed E-state index contributed by atoms with van der Waals surface area (Å²) < 4.78 is 26.3. The molecule has 0 fully saturated rings. The number of unbranched alkanes of at least 4 members (excludes halogenated alkanes) is 1. The van der Waals surface area contributed by atoms with Crippen LogP contribution in [-0.4, -0.2) is 29.3 Å². The molecule has 21 heavy (non-hydrogen) atoms. The average molecular weight is 297 g/mol. The van der Waals surface area contributed by atoms with Crippen LogP contribution in [-0.2, 0) is 0 Å². The van der Waals surface area contributed by atoms with E-state index in [0.29, 0.717) is 0 Å². The maximum absolute atomic E-state index is 13.3. The topological polar surface area (TPSA) is 20.3 Å². The zero-order valence-corrected chi connectivity index (χ0v) is 13.3. The van der Waals surface area contributed by atoms with Crippen molar-refractivity contribution in [2.75, 3.05) is 6.54 Å². The van der Waals surface area contributed by atoms with E-state index in [4.69, 9.17) is 0 Å². The first-order valence-electron chi connectivity index (χ1n) is 7.67. The molecule has 2 atom stereocenters. The molecule has 0 N–H and O–H groups in total. The highest BCUT2D eigenvalue weighted by Gasteiger charge is 2.25. The molecule has 0 aliphatic carbocycles. The van der Waals surface area contributed by atoms with Crippen LogP contribution in [0.5, 0.6) is 0 Å². The molecule has 0 amide bonds. The highest BCUT2D eigenvalue weighted by molar-refractivity contribution is 5.99. The number of hydrogen-bond donors (Lipinski definition) is 0. The molecule has 4 heteroatoms. The van der Waals surface area contributed by atoms with Crippen molar-refractivity contribution in [3.8, 4) is 0 Å². The Morgan fingerprint density at radius 2 is 1.86 bits per heavy atom. The van der Waals surface area contributed by atoms with Crippen LogP contribution in [0.3, 0.4) is 0 Å². The predicted octanol–water partition coefficient (Wildman–Crippen LogP) is 4.44. The molecule has 0 heterocycles. The third-order valence-electron chi connectivity index (χ3n) is 4.01. The number of benzene rings is 1. The van der Waals surface area contributed by atoms with Gasteiger partial charge in [-0.1, -0.05) is 20.3 Å². The fourth-order valence-electron chi connectivity index (χ4n) is 2.41. The summed E-state index contributed by atoms with van der Waals surface area (Å²) in [5, 5.41) is 0. The van der Waals surface area contributed by atoms with E-state index in [1.54, 1.807) is 0 Å². The Morgan fingerprint density at radius 1 is 1.19 bits per heavy atom. The second-order valence-corrected chi connectivity index (χ2v) is 5.52. The number of rotatable bonds is 8. The second kappa shape index (κ2) is 8.23. The smallest absolute Gasteiger partial charge is 0.179 e. The SMILES string of the molecule is CCCCN(C(C)CC)C(C)C(=O)c1ccc(F)c(F)c1. The zero-order chi connectivity index (χ0) is 16.0. The van der Waals surface area contributed by atoms with Crippen molar-refractivity contribution in [2.45, 2.75) is 59.0 Å². The normalized spacial score (nSPS) is 14.2. The van der Waals surface area contributed by atoms with Crippen LogP contribution in [0.1, 0.15) is 57.3 Å². The van der Waals surface area contributed by atoms with Crippen LogP contribution in [0.15, 0.2) is 18.2 Å². The molecule has 0 saturated heterocycles. The highest BCUT2D eigenvalue weighted by atomic mass is 19.2. The lowest BCUT2D eigenvalue weighted by atomic mass is 10.0. The summed E-state index contributed by atoms with van der Waals surface area (Å²) in [6.45, 7) is 8.95. The lowest BCUT2D eigenvalue weighted by Crippen LogP contribution is -2.45. The van der Waals surface area contributed by atoms with E-state index in [-0.39, 0.29) is 23.4 Å². The number of ketones is 1. The molecule has 0 bridgehead atoms. The van der Waals surface area contributed by atoms with Crippen LogP contribution < -0.4 is 0 Å². The molecule has 0 aliphatic heterocycles. The Kier molecular flexibility index (Phi) is 6.96. The van der Waals surface area contributed by atoms with E-state index in [1.807, 2.05) is 6.92 Å². The minimum absolute atomic E-state index is 0.162. The molecule has 118 valence electrons. The minimum Gasteiger partial charge on any atom is -0.292 e. The van der Waals surface area contributed by atoms with Gasteiger partial charge >= 0.3 is 0 Å². The Morgan fingerprint density at radius 3 is 2.38 bits per heavy atom. The van der Waals surface area contributed by atoms with E-state index in [9.17, 15) is 13.6 Å². The highest BCUT2D eigenvalue weighted by Crippen LogP contribution is 2.17. The Labute approximate surface area is 126 Å². The molecule has 0 spiro atoms. The van der Waals surface area contributed by atoms with Crippen LogP contribution in [0.4, 0.5) is 8.78 Å². The fourth-order valence-corrected chi connectivity index (χ4v) is 2.41. The second-order valence-electron chi connectivity index (χ2n) is 5.52. The standard InChI is InChI=1S/C17H25F2NO/c1-5-7-10-20(12(3)6-2)13(4)17(21)14-8-9-15(18)16(19)11-14/h8-9,11-13H,5-7,10H2,1-4H3. The average Bonchev–Trinajstić information content (AvgIpc) is 2.49. The quantitative estimate of drug-likeness (QED) is 0.661. The van der Waals surface area contributed by atoms with Gasteiger partial charge in [0.15, 0.2) is 17.4 Å². The fraction of sp³-hybridized carbons (Fsp3) is 0.588. The van der Waals surface area contributed by atoms with E-state index in [1.165, 1.54) is 6.07 Å². The summed E-state index contributed by atoms with van der Waals surface area (Å²) in [5.41, 5.74) is 0.228. The monoisotopic (exact) mass is 297 g/mol. The van der Waals surface area contributed by atoms with E-state index in [2.05, 4.69) is 25.7 Å². The first-order valence-corrected chi connectivity index (χ1v) is 7.67. The molecule has 2 nitrogen and oxygen atoms in total. The van der Waals surface area contributed by atoms with Crippen molar-refractivity contribution in [1.82, 2.24) is 4.90 Å². The number of nitrogens with zero attached hydrogens (tertiary/aromatic N) is 1. The van der Waals surface area contributed by atoms with Crippen molar-refractivity contribution in [1.29, 1.82) is 0 Å². The Hall–Kier alpha value is -1.29. The van der Waals surface area contributed by atoms with Crippen molar-refractivity contribution < 1.29 is 13.6 Å². The molecule has 0 aromatic heterocycles. The van der Waals surface area contributed by atoms with Crippen molar-refractivity contribution in [3.63, 3.8) is 0 Å². The van der Waals surface area contributed by atoms with Crippen molar-refractivity contribution in [2.24, 2.45) is 0 Å². The van der Waals surface area contributed by atoms with Gasteiger partial charge in [-0.2, -0.15) is 0 Å². The van der Waals surface area contributed by atoms with Gasteiger partial charge in [-0.15, -0.1) is 0 Å². The molecule has 0 aliphatic rings. The first kappa shape index (κ1) is 17.8. The van der Waals surface area contributed by atoms with Gasteiger partial charge in [0.1, 0.15) is 0 Å². The first-order chi connectivity index (χ1) is 9.92. The van der Waals surface area contributed by atoms with Gasteiger partial charge in [0.2, 0.25) is 0 Å². The molecular weight excluding hydrogens is 272 g/mol. The van der Waals surface area contributed by atoms with Gasteiger partial charge in [0.25, 0.3) is 0 Å². The van der Waals surface area contributed by atoms with Gasteiger partial charge in [-0.05, 0) is 51.4 Å². The lowest BCUT2D eigenvalue weighted by Gasteiger charge is -2.33. The number of halogens is 2. The van der Waals surface area contributed by atoms with Gasteiger partial charge in [-0.3, -0.25) is 9.69 Å². The van der Waals surface area contributed by atoms with Crippen LogP contribution in [0, 0.1) is 11.6 Å². The van der Waals surface area contributed by atoms with Gasteiger partial charge in [0, 0.05) is 11.6 Å². The van der Waals surface area contributed by atoms with Crippen LogP contribution >= 0.6 is 0 Å². The number of hydrogen-bond acceptors (Lipinski definition) is 2. The molecule has 2 unspecified atom stereocenters. The van der Waals surface area contributed by atoms with Gasteiger partial charge in [-0.25, -0.2) is 8.78 Å². The van der Waals surface area contributed by atoms with Crippen molar-refractivity contribution in [3.05, 3.63) is 35.4 Å². The largest absolute Gasteiger partial charge is 0.292 e. The van der Waals surface area contributed by atoms with E-state index < -0.39 is 11.6 Å². The number of carbonyl (C=O) groups excluding carboxylic acids is 1. The summed E-state index contributed by atoms with van der Waals surface area (Å²) in [6.07, 6.45) is 3.01. The molecule has 1 rings (SSSR count). The predicted molar refractivity (Wildman–Crippen MR) is 81.5 cm³/mol. The third kappa shape index (κ3) is 4.60. The molecule has 1 aromatic carbocycles. The number of Topliss-reactive ketones (excluding diaryl/α,β-unsaturated/α-hetero) is 1. The summed E-state index contributed by atoms with van der Waals surface area (Å²) in [7, 11) is 0. The van der Waals surface area contributed by atoms with Crippen molar-refractivity contribution >= 4 is 5.78 Å². The lowest BCUT2D eigenvalue weighted by molar-refractivity contribution is 0.0765. The zero-order valence-electron chi connectivity index (χ0n) is 13.3. The Balaban J connectivity index is 2.92. The van der Waals surface area contributed by atoms with Gasteiger partial charge in [0.05, 0.1) is 6.04 Å². The molecule has 0 saturated carbocycles. The summed E-state index contributed by atoms with van der Waals surface area (Å²) >= 11 is 0. The Bertz CT molecular complexity index is 476. The number of carbonyl (C=O) groups is 1. The molecular formula is C17H25F2NO. The van der Waals surface area contributed by atoms with Gasteiger partial charge < -0.3 is 0 Å². The van der Waals surface area contributed by atoms with E-state index >= 15 is 0 Å². The molecule has 0 radical (unpaired) electrons. The third-order valence-corrected chi connectivity index (χ3v) is 4.01. The summed E-state index contributed by atoms with van der Waals surface area (Å²) in [5.74, 6) is -2.06. The maximum Gasteiger partial charge on any atom is 0.179 e. The summed E-state index contributed by atoms with van der Waals surface area (Å²) in [6, 6.07) is 3.29. The maximum atomic E-state index is 13.3. The summed E-state index contributed by atoms with van der Waals surface area (Å²) in [4.78, 5) is 14.6. The minimum atomic E-state index is -0.975. The molecule has 1 aromatic rings.